The summed E-state index contributed by atoms with van der Waals surface area (Å²) in [4.78, 5) is 19.5. The molecule has 3 nitrogen and oxygen atoms in total. The Hall–Kier alpha value is -2.10. The van der Waals surface area contributed by atoms with Crippen LogP contribution in [-0.2, 0) is 0 Å². The Kier molecular flexibility index (Phi) is 3.23. The first kappa shape index (κ1) is 11.4. The third kappa shape index (κ3) is 2.20. The SMILES string of the molecule is CCC(=O)c1cncnc1-c1ccccc1F. The number of hydrogen-bond acceptors (Lipinski definition) is 3. The van der Waals surface area contributed by atoms with Crippen LogP contribution in [-0.4, -0.2) is 15.8 Å². The number of Topliss-reactive ketones (excluding diaryl/α,β-unsaturated/α-hetero) is 1. The van der Waals surface area contributed by atoms with Crippen molar-refractivity contribution in [1.82, 2.24) is 9.97 Å². The highest BCUT2D eigenvalue weighted by Gasteiger charge is 2.15. The predicted octanol–water partition coefficient (Wildman–Crippen LogP) is 2.88. The Balaban J connectivity index is 2.60. The zero-order valence-electron chi connectivity index (χ0n) is 9.35. The molecule has 0 bridgehead atoms. The molecule has 1 heterocycles. The molecule has 0 aliphatic carbocycles. The maximum absolute atomic E-state index is 13.7. The largest absolute Gasteiger partial charge is 0.294 e. The molecule has 2 rings (SSSR count). The summed E-state index contributed by atoms with van der Waals surface area (Å²) in [6.07, 6.45) is 3.09. The first-order chi connectivity index (χ1) is 8.24. The number of hydrogen-bond donors (Lipinski definition) is 0. The van der Waals surface area contributed by atoms with E-state index in [-0.39, 0.29) is 5.78 Å². The van der Waals surface area contributed by atoms with Gasteiger partial charge < -0.3 is 0 Å². The average molecular weight is 230 g/mol. The molecule has 0 spiro atoms. The molecule has 0 saturated carbocycles. The molecule has 0 aliphatic rings. The van der Waals surface area contributed by atoms with Gasteiger partial charge in [-0.25, -0.2) is 14.4 Å². The van der Waals surface area contributed by atoms with E-state index in [1.807, 2.05) is 0 Å². The van der Waals surface area contributed by atoms with Crippen molar-refractivity contribution in [2.45, 2.75) is 13.3 Å². The summed E-state index contributed by atoms with van der Waals surface area (Å²) in [5.41, 5.74) is 1.04. The second-order valence-electron chi connectivity index (χ2n) is 3.54. The van der Waals surface area contributed by atoms with Gasteiger partial charge in [0.15, 0.2) is 5.78 Å². The van der Waals surface area contributed by atoms with Crippen molar-refractivity contribution < 1.29 is 9.18 Å². The van der Waals surface area contributed by atoms with Gasteiger partial charge in [0.1, 0.15) is 12.1 Å². The number of nitrogens with zero attached hydrogens (tertiary/aromatic N) is 2. The number of rotatable bonds is 3. The van der Waals surface area contributed by atoms with Gasteiger partial charge in [-0.05, 0) is 12.1 Å². The Bertz CT molecular complexity index is 555. The lowest BCUT2D eigenvalue weighted by atomic mass is 10.0. The third-order valence-corrected chi connectivity index (χ3v) is 2.46. The highest BCUT2D eigenvalue weighted by molar-refractivity contribution is 6.00. The highest BCUT2D eigenvalue weighted by Crippen LogP contribution is 2.24. The van der Waals surface area contributed by atoms with Crippen molar-refractivity contribution in [3.05, 3.63) is 48.2 Å². The summed E-state index contributed by atoms with van der Waals surface area (Å²) in [6, 6.07) is 6.25. The molecule has 0 fully saturated rings. The van der Waals surface area contributed by atoms with E-state index < -0.39 is 5.82 Å². The Labute approximate surface area is 98.3 Å². The minimum Gasteiger partial charge on any atom is -0.294 e. The van der Waals surface area contributed by atoms with E-state index in [4.69, 9.17) is 0 Å². The number of halogens is 1. The van der Waals surface area contributed by atoms with Crippen molar-refractivity contribution in [2.75, 3.05) is 0 Å². The molecule has 4 heteroatoms. The van der Waals surface area contributed by atoms with E-state index in [2.05, 4.69) is 9.97 Å². The first-order valence-corrected chi connectivity index (χ1v) is 5.32. The quantitative estimate of drug-likeness (QED) is 0.761. The lowest BCUT2D eigenvalue weighted by Crippen LogP contribution is -2.03. The maximum atomic E-state index is 13.7. The molecule has 0 radical (unpaired) electrons. The zero-order valence-corrected chi connectivity index (χ0v) is 9.35. The smallest absolute Gasteiger partial charge is 0.166 e. The fourth-order valence-corrected chi connectivity index (χ4v) is 1.59. The third-order valence-electron chi connectivity index (χ3n) is 2.46. The number of carbonyl (C=O) groups excluding carboxylic acids is 1. The molecular formula is C13H11FN2O. The van der Waals surface area contributed by atoms with Gasteiger partial charge in [0, 0.05) is 18.2 Å². The monoisotopic (exact) mass is 230 g/mol. The summed E-state index contributed by atoms with van der Waals surface area (Å²) in [5.74, 6) is -0.486. The molecule has 86 valence electrons. The van der Waals surface area contributed by atoms with Crippen molar-refractivity contribution in [3.8, 4) is 11.3 Å². The molecule has 1 aromatic heterocycles. The van der Waals surface area contributed by atoms with Crippen LogP contribution in [0.15, 0.2) is 36.8 Å². The van der Waals surface area contributed by atoms with E-state index in [1.165, 1.54) is 18.6 Å². The van der Waals surface area contributed by atoms with Gasteiger partial charge >= 0.3 is 0 Å². The van der Waals surface area contributed by atoms with Crippen molar-refractivity contribution in [3.63, 3.8) is 0 Å². The van der Waals surface area contributed by atoms with Crippen LogP contribution < -0.4 is 0 Å². The molecule has 2 aromatic rings. The topological polar surface area (TPSA) is 42.9 Å². The van der Waals surface area contributed by atoms with Gasteiger partial charge in [-0.15, -0.1) is 0 Å². The standard InChI is InChI=1S/C13H11FN2O/c1-2-12(17)10-7-15-8-16-13(10)9-5-3-4-6-11(9)14/h3-8H,2H2,1H3. The predicted molar refractivity (Wildman–Crippen MR) is 62.0 cm³/mol. The molecular weight excluding hydrogens is 219 g/mol. The number of aromatic nitrogens is 2. The van der Waals surface area contributed by atoms with E-state index in [9.17, 15) is 9.18 Å². The molecule has 17 heavy (non-hydrogen) atoms. The number of carbonyl (C=O) groups is 1. The summed E-state index contributed by atoms with van der Waals surface area (Å²) in [7, 11) is 0. The summed E-state index contributed by atoms with van der Waals surface area (Å²) in [6.45, 7) is 1.75. The lowest BCUT2D eigenvalue weighted by Gasteiger charge is -2.06. The van der Waals surface area contributed by atoms with Crippen LogP contribution in [0.2, 0.25) is 0 Å². The van der Waals surface area contributed by atoms with Crippen LogP contribution in [0.5, 0.6) is 0 Å². The molecule has 0 amide bonds. The van der Waals surface area contributed by atoms with E-state index >= 15 is 0 Å². The van der Waals surface area contributed by atoms with Gasteiger partial charge in [0.05, 0.1) is 11.3 Å². The summed E-state index contributed by atoms with van der Waals surface area (Å²) < 4.78 is 13.7. The van der Waals surface area contributed by atoms with Crippen LogP contribution in [0.1, 0.15) is 23.7 Å². The van der Waals surface area contributed by atoms with Crippen LogP contribution in [0.4, 0.5) is 4.39 Å². The maximum Gasteiger partial charge on any atom is 0.166 e. The summed E-state index contributed by atoms with van der Waals surface area (Å²) >= 11 is 0. The zero-order chi connectivity index (χ0) is 12.3. The normalized spacial score (nSPS) is 10.2. The second-order valence-corrected chi connectivity index (χ2v) is 3.54. The molecule has 1 aromatic carbocycles. The molecule has 0 unspecified atom stereocenters. The Morgan fingerprint density at radius 3 is 2.82 bits per heavy atom. The minimum atomic E-state index is -0.392. The second kappa shape index (κ2) is 4.82. The van der Waals surface area contributed by atoms with Gasteiger partial charge in [0.25, 0.3) is 0 Å². The minimum absolute atomic E-state index is 0.0937. The van der Waals surface area contributed by atoms with Crippen molar-refractivity contribution in [1.29, 1.82) is 0 Å². The molecule has 0 N–H and O–H groups in total. The fourth-order valence-electron chi connectivity index (χ4n) is 1.59. The van der Waals surface area contributed by atoms with E-state index in [0.717, 1.165) is 0 Å². The van der Waals surface area contributed by atoms with Gasteiger partial charge in [-0.3, -0.25) is 4.79 Å². The van der Waals surface area contributed by atoms with Crippen LogP contribution in [0.25, 0.3) is 11.3 Å². The summed E-state index contributed by atoms with van der Waals surface area (Å²) in [5, 5.41) is 0. The van der Waals surface area contributed by atoms with Crippen molar-refractivity contribution >= 4 is 5.78 Å². The van der Waals surface area contributed by atoms with E-state index in [0.29, 0.717) is 23.2 Å². The van der Waals surface area contributed by atoms with Crippen LogP contribution in [0.3, 0.4) is 0 Å². The van der Waals surface area contributed by atoms with Gasteiger partial charge in [-0.1, -0.05) is 19.1 Å². The highest BCUT2D eigenvalue weighted by atomic mass is 19.1. The van der Waals surface area contributed by atoms with Crippen LogP contribution >= 0.6 is 0 Å². The molecule has 0 aliphatic heterocycles. The van der Waals surface area contributed by atoms with Gasteiger partial charge in [0.2, 0.25) is 0 Å². The Morgan fingerprint density at radius 1 is 1.35 bits per heavy atom. The first-order valence-electron chi connectivity index (χ1n) is 5.32. The lowest BCUT2D eigenvalue weighted by molar-refractivity contribution is 0.0988. The average Bonchev–Trinajstić information content (AvgIpc) is 2.38. The molecule has 0 saturated heterocycles. The van der Waals surface area contributed by atoms with E-state index in [1.54, 1.807) is 25.1 Å². The number of ketones is 1. The Morgan fingerprint density at radius 2 is 2.12 bits per heavy atom. The van der Waals surface area contributed by atoms with Crippen molar-refractivity contribution in [2.24, 2.45) is 0 Å². The van der Waals surface area contributed by atoms with Crippen LogP contribution in [0, 0.1) is 5.82 Å². The molecule has 0 atom stereocenters. The fraction of sp³-hybridized carbons (Fsp3) is 0.154. The van der Waals surface area contributed by atoms with Gasteiger partial charge in [-0.2, -0.15) is 0 Å². The number of benzene rings is 1.